The van der Waals surface area contributed by atoms with Crippen molar-refractivity contribution in [2.75, 3.05) is 39.6 Å². The van der Waals surface area contributed by atoms with E-state index < -0.39 is 14.6 Å². The van der Waals surface area contributed by atoms with E-state index >= 15 is 0 Å². The van der Waals surface area contributed by atoms with Crippen LogP contribution in [0.3, 0.4) is 0 Å². The van der Waals surface area contributed by atoms with Gasteiger partial charge in [0.1, 0.15) is 0 Å². The van der Waals surface area contributed by atoms with Gasteiger partial charge in [0, 0.05) is 26.7 Å². The van der Waals surface area contributed by atoms with Crippen LogP contribution in [0.5, 0.6) is 11.5 Å². The Balaban J connectivity index is 2.06. The van der Waals surface area contributed by atoms with Gasteiger partial charge in [0.2, 0.25) is 0 Å². The van der Waals surface area contributed by atoms with Crippen LogP contribution in [0.4, 0.5) is 0 Å². The molecule has 0 unspecified atom stereocenters. The maximum atomic E-state index is 12.2. The highest BCUT2D eigenvalue weighted by Crippen LogP contribution is 2.28. The average Bonchev–Trinajstić information content (AvgIpc) is 2.59. The fraction of sp³-hybridized carbons (Fsp3) is 0.611. The van der Waals surface area contributed by atoms with Gasteiger partial charge in [-0.25, -0.2) is 8.42 Å². The van der Waals surface area contributed by atoms with Crippen molar-refractivity contribution in [1.82, 2.24) is 10.2 Å². The molecule has 0 bridgehead atoms. The maximum Gasteiger partial charge on any atom is 0.193 e. The maximum absolute atomic E-state index is 12.2. The second-order valence-electron chi connectivity index (χ2n) is 6.82. The van der Waals surface area contributed by atoms with Gasteiger partial charge in [-0.15, -0.1) is 0 Å². The number of methoxy groups -OCH3 is 1. The lowest BCUT2D eigenvalue weighted by Crippen LogP contribution is -2.57. The summed E-state index contributed by atoms with van der Waals surface area (Å²) in [6, 6.07) is 5.78. The molecular weight excluding hydrogens is 354 g/mol. The molecule has 8 heteroatoms. The number of nitrogens with one attached hydrogen (secondary N) is 1. The predicted octanol–water partition coefficient (Wildman–Crippen LogP) is 1.68. The van der Waals surface area contributed by atoms with E-state index in [4.69, 9.17) is 9.47 Å². The first kappa shape index (κ1) is 20.4. The summed E-state index contributed by atoms with van der Waals surface area (Å²) in [6.07, 6.45) is 0. The third kappa shape index (κ3) is 4.41. The fourth-order valence-electron chi connectivity index (χ4n) is 2.93. The minimum absolute atomic E-state index is 0.136. The van der Waals surface area contributed by atoms with E-state index in [0.29, 0.717) is 43.7 Å². The number of rotatable bonds is 5. The number of sulfone groups is 1. The summed E-state index contributed by atoms with van der Waals surface area (Å²) in [5.41, 5.74) is 1.02. The van der Waals surface area contributed by atoms with Crippen molar-refractivity contribution in [1.29, 1.82) is 0 Å². The largest absolute Gasteiger partial charge is 0.493 e. The molecule has 1 aromatic rings. The van der Waals surface area contributed by atoms with Gasteiger partial charge in [-0.05, 0) is 38.5 Å². The first-order chi connectivity index (χ1) is 12.2. The molecule has 1 fully saturated rings. The Morgan fingerprint density at radius 1 is 1.35 bits per heavy atom. The molecule has 1 aliphatic heterocycles. The number of hydrogen-bond donors (Lipinski definition) is 1. The number of nitrogens with zero attached hydrogens (tertiary/aromatic N) is 2. The summed E-state index contributed by atoms with van der Waals surface area (Å²) >= 11 is 0. The van der Waals surface area contributed by atoms with Gasteiger partial charge in [-0.1, -0.05) is 6.07 Å². The Hall–Kier alpha value is -1.96. The zero-order valence-electron chi connectivity index (χ0n) is 16.2. The van der Waals surface area contributed by atoms with Crippen LogP contribution in [0.1, 0.15) is 26.3 Å². The molecule has 0 atom stereocenters. The van der Waals surface area contributed by atoms with E-state index in [1.165, 1.54) is 0 Å². The predicted molar refractivity (Wildman–Crippen MR) is 104 cm³/mol. The molecule has 1 aliphatic rings. The van der Waals surface area contributed by atoms with E-state index in [-0.39, 0.29) is 5.75 Å². The lowest BCUT2D eigenvalue weighted by atomic mass is 10.2. The lowest BCUT2D eigenvalue weighted by Gasteiger charge is -2.39. The van der Waals surface area contributed by atoms with Gasteiger partial charge >= 0.3 is 0 Å². The Kier molecular flexibility index (Phi) is 6.39. The highest BCUT2D eigenvalue weighted by Gasteiger charge is 2.40. The topological polar surface area (TPSA) is 80.2 Å². The molecule has 0 saturated carbocycles. The molecule has 0 radical (unpaired) electrons. The van der Waals surface area contributed by atoms with Crippen molar-refractivity contribution in [3.8, 4) is 11.5 Å². The summed E-state index contributed by atoms with van der Waals surface area (Å²) in [7, 11) is 0.244. The van der Waals surface area contributed by atoms with Crippen molar-refractivity contribution in [3.05, 3.63) is 23.8 Å². The molecule has 1 saturated heterocycles. The molecule has 1 heterocycles. The van der Waals surface area contributed by atoms with Crippen molar-refractivity contribution >= 4 is 15.8 Å². The highest BCUT2D eigenvalue weighted by molar-refractivity contribution is 7.92. The van der Waals surface area contributed by atoms with E-state index in [9.17, 15) is 8.42 Å². The van der Waals surface area contributed by atoms with Crippen LogP contribution in [0.25, 0.3) is 0 Å². The minimum atomic E-state index is -3.08. The summed E-state index contributed by atoms with van der Waals surface area (Å²) in [4.78, 5) is 6.30. The quantitative estimate of drug-likeness (QED) is 0.616. The number of aliphatic imine (C=N–C) groups is 1. The van der Waals surface area contributed by atoms with E-state index in [1.807, 2.05) is 30.0 Å². The van der Waals surface area contributed by atoms with Crippen molar-refractivity contribution in [2.24, 2.45) is 4.99 Å². The smallest absolute Gasteiger partial charge is 0.193 e. The summed E-state index contributed by atoms with van der Waals surface area (Å²) in [6.45, 7) is 7.45. The SMILES string of the molecule is CCOc1ccc(CNC(=NC)N2CCS(=O)(=O)C(C)(C)C2)cc1OC. The van der Waals surface area contributed by atoms with Gasteiger partial charge < -0.3 is 19.7 Å². The second-order valence-corrected chi connectivity index (χ2v) is 9.56. The fourth-order valence-corrected chi connectivity index (χ4v) is 4.30. The van der Waals surface area contributed by atoms with Crippen molar-refractivity contribution in [3.63, 3.8) is 0 Å². The summed E-state index contributed by atoms with van der Waals surface area (Å²) < 4.78 is 34.5. The van der Waals surface area contributed by atoms with Gasteiger partial charge in [0.05, 0.1) is 24.2 Å². The number of benzene rings is 1. The van der Waals surface area contributed by atoms with Gasteiger partial charge in [0.25, 0.3) is 0 Å². The molecular formula is C18H29N3O4S. The van der Waals surface area contributed by atoms with Crippen molar-refractivity contribution in [2.45, 2.75) is 32.1 Å². The van der Waals surface area contributed by atoms with Crippen LogP contribution in [0.2, 0.25) is 0 Å². The molecule has 1 N–H and O–H groups in total. The molecule has 0 spiro atoms. The first-order valence-corrected chi connectivity index (χ1v) is 10.4. The summed E-state index contributed by atoms with van der Waals surface area (Å²) in [5.74, 6) is 2.23. The molecule has 0 aromatic heterocycles. The van der Waals surface area contributed by atoms with E-state index in [1.54, 1.807) is 28.0 Å². The van der Waals surface area contributed by atoms with E-state index in [0.717, 1.165) is 5.56 Å². The minimum Gasteiger partial charge on any atom is -0.493 e. The monoisotopic (exact) mass is 383 g/mol. The molecule has 2 rings (SSSR count). The molecule has 0 aliphatic carbocycles. The number of hydrogen-bond acceptors (Lipinski definition) is 5. The molecule has 146 valence electrons. The zero-order chi connectivity index (χ0) is 19.4. The normalized spacial score (nSPS) is 19.1. The van der Waals surface area contributed by atoms with Crippen LogP contribution in [0, 0.1) is 0 Å². The van der Waals surface area contributed by atoms with Gasteiger partial charge in [-0.2, -0.15) is 0 Å². The zero-order valence-corrected chi connectivity index (χ0v) is 17.0. The average molecular weight is 384 g/mol. The molecule has 7 nitrogen and oxygen atoms in total. The van der Waals surface area contributed by atoms with Crippen LogP contribution in [-0.2, 0) is 16.4 Å². The highest BCUT2D eigenvalue weighted by atomic mass is 32.2. The molecule has 0 amide bonds. The molecule has 1 aromatic carbocycles. The Labute approximate surface area is 156 Å². The number of guanidine groups is 1. The Bertz CT molecular complexity index is 760. The van der Waals surface area contributed by atoms with Crippen LogP contribution >= 0.6 is 0 Å². The van der Waals surface area contributed by atoms with Crippen LogP contribution in [0.15, 0.2) is 23.2 Å². The summed E-state index contributed by atoms with van der Waals surface area (Å²) in [5, 5.41) is 3.31. The van der Waals surface area contributed by atoms with E-state index in [2.05, 4.69) is 10.3 Å². The van der Waals surface area contributed by atoms with Gasteiger partial charge in [0.15, 0.2) is 27.3 Å². The Morgan fingerprint density at radius 2 is 2.08 bits per heavy atom. The third-order valence-corrected chi connectivity index (χ3v) is 7.07. The van der Waals surface area contributed by atoms with Crippen LogP contribution < -0.4 is 14.8 Å². The van der Waals surface area contributed by atoms with Gasteiger partial charge in [-0.3, -0.25) is 4.99 Å². The third-order valence-electron chi connectivity index (χ3n) is 4.53. The Morgan fingerprint density at radius 3 is 2.65 bits per heavy atom. The van der Waals surface area contributed by atoms with Crippen molar-refractivity contribution < 1.29 is 17.9 Å². The van der Waals surface area contributed by atoms with Crippen LogP contribution in [-0.4, -0.2) is 63.6 Å². The number of ether oxygens (including phenoxy) is 2. The first-order valence-electron chi connectivity index (χ1n) is 8.71. The lowest BCUT2D eigenvalue weighted by molar-refractivity contribution is 0.310. The second kappa shape index (κ2) is 8.16. The standard InChI is InChI=1S/C18H29N3O4S/c1-6-25-15-8-7-14(11-16(15)24-5)12-20-17(19-4)21-9-10-26(22,23)18(2,3)13-21/h7-8,11H,6,9-10,12-13H2,1-5H3,(H,19,20). The molecule has 26 heavy (non-hydrogen) atoms.